The van der Waals surface area contributed by atoms with Gasteiger partial charge in [0, 0.05) is 0 Å². The molecule has 2 atom stereocenters. The summed E-state index contributed by atoms with van der Waals surface area (Å²) in [5.74, 6) is -0.175. The van der Waals surface area contributed by atoms with Crippen molar-refractivity contribution in [1.29, 1.82) is 0 Å². The van der Waals surface area contributed by atoms with Crippen molar-refractivity contribution in [2.24, 2.45) is 0 Å². The summed E-state index contributed by atoms with van der Waals surface area (Å²) in [6.45, 7) is 8.57. The minimum atomic E-state index is -0.950. The SMILES string of the molecule is CCCCCCCCOc1ccc(-c2ccc(C(=O)O[C@@H](C)C(=O)O[C@@H](C)CCCCCC)cc2)cc1. The zero-order valence-electron chi connectivity index (χ0n) is 23.3. The van der Waals surface area contributed by atoms with E-state index in [1.54, 1.807) is 19.1 Å². The molecule has 37 heavy (non-hydrogen) atoms. The highest BCUT2D eigenvalue weighted by Gasteiger charge is 2.22. The molecule has 0 saturated carbocycles. The molecular weight excluding hydrogens is 464 g/mol. The van der Waals surface area contributed by atoms with E-state index in [0.29, 0.717) is 5.56 Å². The fraction of sp³-hybridized carbons (Fsp3) is 0.562. The highest BCUT2D eigenvalue weighted by Crippen LogP contribution is 2.23. The lowest BCUT2D eigenvalue weighted by atomic mass is 10.0. The lowest BCUT2D eigenvalue weighted by molar-refractivity contribution is -0.158. The summed E-state index contributed by atoms with van der Waals surface area (Å²) in [7, 11) is 0. The maximum absolute atomic E-state index is 12.5. The van der Waals surface area contributed by atoms with Crippen molar-refractivity contribution in [1.82, 2.24) is 0 Å². The topological polar surface area (TPSA) is 61.8 Å². The average Bonchev–Trinajstić information content (AvgIpc) is 2.91. The van der Waals surface area contributed by atoms with E-state index < -0.39 is 18.0 Å². The van der Waals surface area contributed by atoms with E-state index in [1.807, 2.05) is 43.3 Å². The molecular formula is C32H46O5. The number of rotatable bonds is 18. The molecule has 0 spiro atoms. The summed E-state index contributed by atoms with van der Waals surface area (Å²) < 4.78 is 16.7. The van der Waals surface area contributed by atoms with Crippen molar-refractivity contribution in [3.8, 4) is 16.9 Å². The Morgan fingerprint density at radius 1 is 0.676 bits per heavy atom. The van der Waals surface area contributed by atoms with Gasteiger partial charge < -0.3 is 14.2 Å². The van der Waals surface area contributed by atoms with Gasteiger partial charge in [-0.05, 0) is 68.5 Å². The van der Waals surface area contributed by atoms with Gasteiger partial charge in [0.15, 0.2) is 6.10 Å². The zero-order valence-corrected chi connectivity index (χ0v) is 23.3. The van der Waals surface area contributed by atoms with Crippen LogP contribution in [-0.2, 0) is 14.3 Å². The highest BCUT2D eigenvalue weighted by atomic mass is 16.6. The summed E-state index contributed by atoms with van der Waals surface area (Å²) >= 11 is 0. The Hall–Kier alpha value is -2.82. The van der Waals surface area contributed by atoms with E-state index in [2.05, 4.69) is 13.8 Å². The number of benzene rings is 2. The summed E-state index contributed by atoms with van der Waals surface area (Å²) in [6.07, 6.45) is 11.7. The van der Waals surface area contributed by atoms with Gasteiger partial charge >= 0.3 is 11.9 Å². The summed E-state index contributed by atoms with van der Waals surface area (Å²) in [4.78, 5) is 24.8. The molecule has 2 aromatic carbocycles. The van der Waals surface area contributed by atoms with E-state index in [4.69, 9.17) is 14.2 Å². The molecule has 0 saturated heterocycles. The smallest absolute Gasteiger partial charge is 0.347 e. The molecule has 0 amide bonds. The number of ether oxygens (including phenoxy) is 3. The van der Waals surface area contributed by atoms with Gasteiger partial charge in [0.05, 0.1) is 18.3 Å². The molecule has 2 rings (SSSR count). The molecule has 0 aliphatic carbocycles. The molecule has 2 aromatic rings. The molecule has 0 aliphatic rings. The number of carbonyl (C=O) groups is 2. The van der Waals surface area contributed by atoms with Gasteiger partial charge in [0.25, 0.3) is 0 Å². The van der Waals surface area contributed by atoms with Crippen molar-refractivity contribution < 1.29 is 23.8 Å². The minimum absolute atomic E-state index is 0.183. The van der Waals surface area contributed by atoms with Gasteiger partial charge in [-0.25, -0.2) is 9.59 Å². The van der Waals surface area contributed by atoms with Crippen LogP contribution in [0.5, 0.6) is 5.75 Å². The number of carbonyl (C=O) groups excluding carboxylic acids is 2. The third-order valence-electron chi connectivity index (χ3n) is 6.47. The largest absolute Gasteiger partial charge is 0.494 e. The van der Waals surface area contributed by atoms with Gasteiger partial charge in [-0.3, -0.25) is 0 Å². The third-order valence-corrected chi connectivity index (χ3v) is 6.47. The Kier molecular flexibility index (Phi) is 14.5. The minimum Gasteiger partial charge on any atom is -0.494 e. The predicted molar refractivity (Wildman–Crippen MR) is 150 cm³/mol. The van der Waals surface area contributed by atoms with Crippen molar-refractivity contribution in [3.63, 3.8) is 0 Å². The standard InChI is InChI=1S/C32H46O5/c1-5-7-9-11-12-14-24-35-30-22-20-28(21-23-30)27-16-18-29(19-17-27)32(34)37-26(4)31(33)36-25(3)15-13-10-8-6-2/h16-23,25-26H,5-15,24H2,1-4H3/t25-,26-/m0/s1. The molecule has 0 fully saturated rings. The van der Waals surface area contributed by atoms with Crippen LogP contribution in [0.2, 0.25) is 0 Å². The first-order valence-electron chi connectivity index (χ1n) is 14.2. The normalized spacial score (nSPS) is 12.5. The molecule has 0 aliphatic heterocycles. The van der Waals surface area contributed by atoms with Crippen LogP contribution in [0.4, 0.5) is 0 Å². The quantitative estimate of drug-likeness (QED) is 0.148. The molecule has 0 bridgehead atoms. The van der Waals surface area contributed by atoms with Crippen molar-refractivity contribution >= 4 is 11.9 Å². The number of esters is 2. The molecule has 5 heteroatoms. The zero-order chi connectivity index (χ0) is 26.9. The van der Waals surface area contributed by atoms with Crippen LogP contribution in [-0.4, -0.2) is 30.8 Å². The average molecular weight is 511 g/mol. The van der Waals surface area contributed by atoms with E-state index in [1.165, 1.54) is 44.9 Å². The maximum atomic E-state index is 12.5. The van der Waals surface area contributed by atoms with Crippen LogP contribution in [0, 0.1) is 0 Å². The van der Waals surface area contributed by atoms with Gasteiger partial charge in [-0.15, -0.1) is 0 Å². The van der Waals surface area contributed by atoms with Crippen molar-refractivity contribution in [3.05, 3.63) is 54.1 Å². The second-order valence-electron chi connectivity index (χ2n) is 9.86. The second-order valence-corrected chi connectivity index (χ2v) is 9.86. The Balaban J connectivity index is 1.77. The van der Waals surface area contributed by atoms with Gasteiger partial charge in [0.1, 0.15) is 5.75 Å². The Labute approximate surface area is 223 Å². The van der Waals surface area contributed by atoms with Crippen LogP contribution in [0.15, 0.2) is 48.5 Å². The molecule has 5 nitrogen and oxygen atoms in total. The number of hydrogen-bond donors (Lipinski definition) is 0. The number of hydrogen-bond acceptors (Lipinski definition) is 5. The van der Waals surface area contributed by atoms with Crippen molar-refractivity contribution in [2.75, 3.05) is 6.61 Å². The van der Waals surface area contributed by atoms with E-state index in [0.717, 1.165) is 49.2 Å². The molecule has 0 radical (unpaired) electrons. The van der Waals surface area contributed by atoms with Crippen LogP contribution in [0.25, 0.3) is 11.1 Å². The van der Waals surface area contributed by atoms with E-state index >= 15 is 0 Å². The van der Waals surface area contributed by atoms with E-state index in [9.17, 15) is 9.59 Å². The lowest BCUT2D eigenvalue weighted by Crippen LogP contribution is -2.29. The van der Waals surface area contributed by atoms with Crippen LogP contribution in [0.3, 0.4) is 0 Å². The van der Waals surface area contributed by atoms with Crippen molar-refractivity contribution in [2.45, 2.75) is 111 Å². The van der Waals surface area contributed by atoms with Crippen LogP contribution < -0.4 is 4.74 Å². The summed E-state index contributed by atoms with van der Waals surface area (Å²) in [6, 6.07) is 15.2. The van der Waals surface area contributed by atoms with Gasteiger partial charge in [-0.2, -0.15) is 0 Å². The highest BCUT2D eigenvalue weighted by molar-refractivity contribution is 5.92. The molecule has 0 N–H and O–H groups in total. The lowest BCUT2D eigenvalue weighted by Gasteiger charge is -2.17. The third kappa shape index (κ3) is 11.8. The van der Waals surface area contributed by atoms with E-state index in [-0.39, 0.29) is 6.10 Å². The first kappa shape index (κ1) is 30.4. The van der Waals surface area contributed by atoms with Crippen LogP contribution >= 0.6 is 0 Å². The molecule has 204 valence electrons. The maximum Gasteiger partial charge on any atom is 0.347 e. The predicted octanol–water partition coefficient (Wildman–Crippen LogP) is 8.54. The monoisotopic (exact) mass is 510 g/mol. The first-order chi connectivity index (χ1) is 17.9. The Bertz CT molecular complexity index is 904. The van der Waals surface area contributed by atoms with Crippen LogP contribution in [0.1, 0.15) is 109 Å². The summed E-state index contributed by atoms with van der Waals surface area (Å²) in [5.41, 5.74) is 2.43. The summed E-state index contributed by atoms with van der Waals surface area (Å²) in [5, 5.41) is 0. The molecule has 0 aromatic heterocycles. The fourth-order valence-electron chi connectivity index (χ4n) is 4.10. The van der Waals surface area contributed by atoms with Gasteiger partial charge in [0.2, 0.25) is 0 Å². The molecule has 0 unspecified atom stereocenters. The Morgan fingerprint density at radius 2 is 1.22 bits per heavy atom. The Morgan fingerprint density at radius 3 is 1.84 bits per heavy atom. The number of unbranched alkanes of at least 4 members (excludes halogenated alkanes) is 8. The fourth-order valence-corrected chi connectivity index (χ4v) is 4.10. The molecule has 0 heterocycles. The first-order valence-corrected chi connectivity index (χ1v) is 14.2. The second kappa shape index (κ2) is 17.6. The van der Waals surface area contributed by atoms with Gasteiger partial charge in [-0.1, -0.05) is 89.5 Å².